The molecule has 2 amide bonds. The molecule has 0 aromatic carbocycles. The molecule has 1 aliphatic heterocycles. The van der Waals surface area contributed by atoms with Crippen LogP contribution in [0.25, 0.3) is 0 Å². The van der Waals surface area contributed by atoms with E-state index in [9.17, 15) is 14.7 Å². The number of ether oxygens (including phenoxy) is 1. The zero-order valence-electron chi connectivity index (χ0n) is 9.15. The summed E-state index contributed by atoms with van der Waals surface area (Å²) >= 11 is 0. The highest BCUT2D eigenvalue weighted by molar-refractivity contribution is 5.98. The third kappa shape index (κ3) is 2.76. The average Bonchev–Trinajstić information content (AvgIpc) is 2.23. The van der Waals surface area contributed by atoms with Crippen LogP contribution in [0.4, 0.5) is 0 Å². The van der Waals surface area contributed by atoms with Crippen molar-refractivity contribution >= 4 is 11.8 Å². The van der Waals surface area contributed by atoms with Crippen molar-refractivity contribution in [3.8, 4) is 0 Å². The zero-order valence-corrected chi connectivity index (χ0v) is 9.15. The molecule has 15 heavy (non-hydrogen) atoms. The van der Waals surface area contributed by atoms with Crippen LogP contribution in [0.2, 0.25) is 0 Å². The fraction of sp³-hybridized carbons (Fsp3) is 0.800. The van der Waals surface area contributed by atoms with Gasteiger partial charge < -0.3 is 9.84 Å². The molecule has 1 fully saturated rings. The lowest BCUT2D eigenvalue weighted by Gasteiger charge is -2.33. The van der Waals surface area contributed by atoms with Crippen LogP contribution in [0.5, 0.6) is 0 Å². The minimum Gasteiger partial charge on any atom is -0.388 e. The zero-order chi connectivity index (χ0) is 11.5. The van der Waals surface area contributed by atoms with Crippen LogP contribution in [-0.2, 0) is 14.3 Å². The standard InChI is InChI=1S/C10H17NO4/c1-3-10(14,4-2)7-11-8(12)5-15-6-9(11)13/h14H,3-7H2,1-2H3. The van der Waals surface area contributed by atoms with Gasteiger partial charge in [-0.3, -0.25) is 14.5 Å². The van der Waals surface area contributed by atoms with E-state index in [-0.39, 0.29) is 31.6 Å². The van der Waals surface area contributed by atoms with Gasteiger partial charge in [-0.15, -0.1) is 0 Å². The van der Waals surface area contributed by atoms with Gasteiger partial charge in [-0.2, -0.15) is 0 Å². The number of imide groups is 1. The number of β-amino-alcohol motifs (C(OH)–C–C–N with tert-alkyl or cyclic N) is 1. The van der Waals surface area contributed by atoms with Crippen molar-refractivity contribution in [2.75, 3.05) is 19.8 Å². The summed E-state index contributed by atoms with van der Waals surface area (Å²) in [5, 5.41) is 10.0. The minimum absolute atomic E-state index is 0.0705. The first-order valence-electron chi connectivity index (χ1n) is 5.15. The maximum absolute atomic E-state index is 11.4. The molecule has 0 saturated carbocycles. The Morgan fingerprint density at radius 2 is 1.73 bits per heavy atom. The Kier molecular flexibility index (Phi) is 3.82. The molecular weight excluding hydrogens is 198 g/mol. The normalized spacial score (nSPS) is 18.5. The number of aliphatic hydroxyl groups is 1. The van der Waals surface area contributed by atoms with Crippen LogP contribution >= 0.6 is 0 Å². The molecule has 0 bridgehead atoms. The second kappa shape index (κ2) is 4.72. The lowest BCUT2D eigenvalue weighted by Crippen LogP contribution is -2.53. The van der Waals surface area contributed by atoms with E-state index in [1.807, 2.05) is 13.8 Å². The summed E-state index contributed by atoms with van der Waals surface area (Å²) in [6.07, 6.45) is 1.03. The van der Waals surface area contributed by atoms with E-state index in [4.69, 9.17) is 4.74 Å². The monoisotopic (exact) mass is 215 g/mol. The van der Waals surface area contributed by atoms with Crippen LogP contribution < -0.4 is 0 Å². The lowest BCUT2D eigenvalue weighted by atomic mass is 9.96. The number of carbonyl (C=O) groups excluding carboxylic acids is 2. The van der Waals surface area contributed by atoms with Crippen molar-refractivity contribution in [2.24, 2.45) is 0 Å². The fourth-order valence-corrected chi connectivity index (χ4v) is 1.46. The highest BCUT2D eigenvalue weighted by Crippen LogP contribution is 2.17. The first-order valence-corrected chi connectivity index (χ1v) is 5.15. The summed E-state index contributed by atoms with van der Waals surface area (Å²) in [4.78, 5) is 23.9. The van der Waals surface area contributed by atoms with Crippen molar-refractivity contribution < 1.29 is 19.4 Å². The van der Waals surface area contributed by atoms with Crippen LogP contribution in [-0.4, -0.2) is 47.2 Å². The van der Waals surface area contributed by atoms with Gasteiger partial charge in [-0.05, 0) is 12.8 Å². The Morgan fingerprint density at radius 3 is 2.13 bits per heavy atom. The van der Waals surface area contributed by atoms with E-state index in [0.717, 1.165) is 4.90 Å². The van der Waals surface area contributed by atoms with Crippen LogP contribution in [0.3, 0.4) is 0 Å². The van der Waals surface area contributed by atoms with E-state index in [2.05, 4.69) is 0 Å². The number of nitrogens with zero attached hydrogens (tertiary/aromatic N) is 1. The molecule has 0 aliphatic carbocycles. The summed E-state index contributed by atoms with van der Waals surface area (Å²) in [5.74, 6) is -0.738. The Morgan fingerprint density at radius 1 is 1.27 bits per heavy atom. The molecule has 1 rings (SSSR count). The van der Waals surface area contributed by atoms with Crippen molar-refractivity contribution in [1.82, 2.24) is 4.90 Å². The Hall–Kier alpha value is -0.940. The summed E-state index contributed by atoms with van der Waals surface area (Å²) in [5.41, 5.74) is -0.970. The predicted octanol–water partition coefficient (Wildman–Crippen LogP) is -0.0771. The number of morpholine rings is 1. The SMILES string of the molecule is CCC(O)(CC)CN1C(=O)COCC1=O. The van der Waals surface area contributed by atoms with Gasteiger partial charge in [0.05, 0.1) is 12.1 Å². The molecular formula is C10H17NO4. The third-order valence-corrected chi connectivity index (χ3v) is 2.82. The number of amides is 2. The molecule has 0 atom stereocenters. The van der Waals surface area contributed by atoms with Crippen molar-refractivity contribution in [1.29, 1.82) is 0 Å². The van der Waals surface area contributed by atoms with E-state index >= 15 is 0 Å². The van der Waals surface area contributed by atoms with Gasteiger partial charge in [0.15, 0.2) is 0 Å². The number of hydrogen-bond acceptors (Lipinski definition) is 4. The Labute approximate surface area is 89.0 Å². The first-order chi connectivity index (χ1) is 7.02. The summed E-state index contributed by atoms with van der Waals surface area (Å²) in [7, 11) is 0. The topological polar surface area (TPSA) is 66.8 Å². The Balaban J connectivity index is 2.69. The van der Waals surface area contributed by atoms with Gasteiger partial charge in [0.2, 0.25) is 0 Å². The van der Waals surface area contributed by atoms with Crippen LogP contribution in [0.15, 0.2) is 0 Å². The highest BCUT2D eigenvalue weighted by atomic mass is 16.5. The molecule has 0 radical (unpaired) electrons. The van der Waals surface area contributed by atoms with Crippen molar-refractivity contribution in [2.45, 2.75) is 32.3 Å². The summed E-state index contributed by atoms with van der Waals surface area (Å²) in [6, 6.07) is 0. The largest absolute Gasteiger partial charge is 0.388 e. The molecule has 0 aromatic rings. The Bertz CT molecular complexity index is 244. The molecule has 5 nitrogen and oxygen atoms in total. The maximum Gasteiger partial charge on any atom is 0.255 e. The molecule has 0 unspecified atom stereocenters. The van der Waals surface area contributed by atoms with Gasteiger partial charge >= 0.3 is 0 Å². The molecule has 0 aromatic heterocycles. The van der Waals surface area contributed by atoms with Gasteiger partial charge in [-0.1, -0.05) is 13.8 Å². The highest BCUT2D eigenvalue weighted by Gasteiger charge is 2.34. The fourth-order valence-electron chi connectivity index (χ4n) is 1.46. The molecule has 1 aliphatic rings. The summed E-state index contributed by atoms with van der Waals surface area (Å²) in [6.45, 7) is 3.59. The van der Waals surface area contributed by atoms with Gasteiger partial charge in [0.25, 0.3) is 11.8 Å². The first kappa shape index (κ1) is 12.1. The van der Waals surface area contributed by atoms with Crippen molar-refractivity contribution in [3.63, 3.8) is 0 Å². The minimum atomic E-state index is -0.970. The molecule has 86 valence electrons. The molecule has 5 heteroatoms. The number of hydrogen-bond donors (Lipinski definition) is 1. The van der Waals surface area contributed by atoms with E-state index in [1.165, 1.54) is 0 Å². The number of rotatable bonds is 4. The second-order valence-corrected chi connectivity index (χ2v) is 3.80. The van der Waals surface area contributed by atoms with Crippen molar-refractivity contribution in [3.05, 3.63) is 0 Å². The maximum atomic E-state index is 11.4. The molecule has 1 heterocycles. The lowest BCUT2D eigenvalue weighted by molar-refractivity contribution is -0.162. The number of carbonyl (C=O) groups is 2. The molecule has 0 spiro atoms. The van der Waals surface area contributed by atoms with E-state index < -0.39 is 5.60 Å². The second-order valence-electron chi connectivity index (χ2n) is 3.80. The third-order valence-electron chi connectivity index (χ3n) is 2.82. The summed E-state index contributed by atoms with van der Waals surface area (Å²) < 4.78 is 4.78. The smallest absolute Gasteiger partial charge is 0.255 e. The van der Waals surface area contributed by atoms with Gasteiger partial charge in [0.1, 0.15) is 13.2 Å². The van der Waals surface area contributed by atoms with Crippen LogP contribution in [0.1, 0.15) is 26.7 Å². The molecule has 1 N–H and O–H groups in total. The van der Waals surface area contributed by atoms with Crippen LogP contribution in [0, 0.1) is 0 Å². The van der Waals surface area contributed by atoms with Gasteiger partial charge in [0, 0.05) is 0 Å². The van der Waals surface area contributed by atoms with E-state index in [1.54, 1.807) is 0 Å². The van der Waals surface area contributed by atoms with Gasteiger partial charge in [-0.25, -0.2) is 0 Å². The quantitative estimate of drug-likeness (QED) is 0.666. The predicted molar refractivity (Wildman–Crippen MR) is 53.1 cm³/mol. The van der Waals surface area contributed by atoms with E-state index in [0.29, 0.717) is 12.8 Å². The average molecular weight is 215 g/mol. The molecule has 1 saturated heterocycles.